The fourth-order valence-corrected chi connectivity index (χ4v) is 6.81. The summed E-state index contributed by atoms with van der Waals surface area (Å²) < 4.78 is 48.5. The van der Waals surface area contributed by atoms with E-state index < -0.39 is 17.8 Å². The van der Waals surface area contributed by atoms with E-state index in [0.717, 1.165) is 16.9 Å². The van der Waals surface area contributed by atoms with E-state index in [0.29, 0.717) is 23.0 Å². The molecule has 6 heterocycles. The second kappa shape index (κ2) is 23.7. The third kappa shape index (κ3) is 13.6. The molecule has 0 aliphatic rings. The summed E-state index contributed by atoms with van der Waals surface area (Å²) in [6.45, 7) is 6.38. The maximum absolute atomic E-state index is 12.9. The third-order valence-corrected chi connectivity index (χ3v) is 9.80. The van der Waals surface area contributed by atoms with Gasteiger partial charge in [-0.2, -0.15) is 18.3 Å². The van der Waals surface area contributed by atoms with Gasteiger partial charge in [-0.3, -0.25) is 24.5 Å². The number of pyridine rings is 4. The van der Waals surface area contributed by atoms with E-state index in [1.54, 1.807) is 23.6 Å². The number of carbonyl (C=O) groups is 3. The number of rotatable bonds is 15. The van der Waals surface area contributed by atoms with Crippen LogP contribution in [0.5, 0.6) is 11.5 Å². The van der Waals surface area contributed by atoms with Crippen LogP contribution in [0, 0.1) is 12.8 Å². The number of hydrogen-bond acceptors (Lipinski definition) is 12. The number of carbonyl (C=O) groups excluding carboxylic acids is 2. The fraction of sp³-hybridized carbons (Fsp3) is 0.244. The predicted molar refractivity (Wildman–Crippen MR) is 218 cm³/mol. The van der Waals surface area contributed by atoms with Gasteiger partial charge in [0.05, 0.1) is 28.3 Å². The molecule has 0 saturated heterocycles. The summed E-state index contributed by atoms with van der Waals surface area (Å²) in [5.41, 5.74) is 1.83. The Morgan fingerprint density at radius 2 is 1.57 bits per heavy atom. The molecule has 0 aromatic carbocycles. The predicted octanol–water partition coefficient (Wildman–Crippen LogP) is 9.55. The van der Waals surface area contributed by atoms with Gasteiger partial charge in [0.2, 0.25) is 0 Å². The van der Waals surface area contributed by atoms with Gasteiger partial charge in [0.1, 0.15) is 17.2 Å². The first-order valence-corrected chi connectivity index (χ1v) is 19.1. The van der Waals surface area contributed by atoms with E-state index in [1.165, 1.54) is 91.4 Å². The zero-order valence-electron chi connectivity index (χ0n) is 32.2. The standard InChI is InChI=1S/C22H25F3N3S.C18H11N3O6.CNS.Ru/c1-4-6-7-15(5-2)12-17-9-11-19(29-17)16-8-10-18(26-13-16)20-14(3)21(28-27-20)22(23,24)25;22-9-26-12-2-4-20-15(6-12)17-8-13(27-10-23)7-16(21-17)14-5-11(18(24)25)1-3-19-14;2-1-3;/h8-11,13,15H,4-7,12H2,1-3H3;1-10H,(H,24,25);;/q-1;;-1;+2. The molecule has 0 radical (unpaired) electrons. The van der Waals surface area contributed by atoms with Crippen molar-refractivity contribution in [2.75, 3.05) is 0 Å². The van der Waals surface area contributed by atoms with Gasteiger partial charge >= 0.3 is 31.6 Å². The van der Waals surface area contributed by atoms with Crippen LogP contribution in [0.2, 0.25) is 0 Å². The molecule has 19 heteroatoms. The SMILES string of the molecule is CCCCC(CC)Cc1ccc(-c2ccc(-c3[n-]nc(C(F)(F)F)c3C)nc2)s1.O=COc1ccnc(-c2cc(OC=O)cc(-c3cc(C(=O)O)ccn3)n2)c1.[N-]=C=S.[Ru+2]. The summed E-state index contributed by atoms with van der Waals surface area (Å²) in [5, 5.41) is 24.6. The van der Waals surface area contributed by atoms with Crippen molar-refractivity contribution in [2.45, 2.75) is 59.1 Å². The number of isothiocyanates is 1. The molecular formula is C41H36F3N7O6RuS2. The van der Waals surface area contributed by atoms with Gasteiger partial charge in [-0.25, -0.2) is 9.78 Å². The van der Waals surface area contributed by atoms with Crippen molar-refractivity contribution in [1.29, 1.82) is 0 Å². The first kappa shape index (κ1) is 48.5. The Bertz CT molecular complexity index is 2390. The fourth-order valence-electron chi connectivity index (χ4n) is 5.70. The van der Waals surface area contributed by atoms with Gasteiger partial charge in [-0.05, 0) is 67.3 Å². The maximum atomic E-state index is 12.9. The van der Waals surface area contributed by atoms with Crippen molar-refractivity contribution in [3.05, 3.63) is 106 Å². The molecular weight excluding hydrogens is 909 g/mol. The van der Waals surface area contributed by atoms with E-state index in [4.69, 9.17) is 20.0 Å². The van der Waals surface area contributed by atoms with Crippen LogP contribution in [0.15, 0.2) is 79.3 Å². The maximum Gasteiger partial charge on any atom is 2.00 e. The number of aromatic nitrogens is 6. The molecule has 6 rings (SSSR count). The Morgan fingerprint density at radius 3 is 2.13 bits per heavy atom. The molecule has 13 nitrogen and oxygen atoms in total. The smallest absolute Gasteiger partial charge is 0.753 e. The number of hydrogen-bond donors (Lipinski definition) is 1. The zero-order chi connectivity index (χ0) is 43.0. The number of alkyl halides is 3. The van der Waals surface area contributed by atoms with E-state index >= 15 is 0 Å². The zero-order valence-corrected chi connectivity index (χ0v) is 35.6. The number of halogens is 3. The van der Waals surface area contributed by atoms with Crippen LogP contribution in [0.3, 0.4) is 0 Å². The van der Waals surface area contributed by atoms with E-state index in [1.807, 2.05) is 6.07 Å². The van der Waals surface area contributed by atoms with Crippen molar-refractivity contribution in [3.8, 4) is 56.1 Å². The Hall–Kier alpha value is -5.87. The Kier molecular flexibility index (Phi) is 19.1. The average Bonchev–Trinajstić information content (AvgIpc) is 3.87. The van der Waals surface area contributed by atoms with Crippen molar-refractivity contribution >= 4 is 47.6 Å². The second-order valence-electron chi connectivity index (χ2n) is 12.5. The summed E-state index contributed by atoms with van der Waals surface area (Å²) in [6, 6.07) is 16.4. The van der Waals surface area contributed by atoms with E-state index in [2.05, 4.69) is 68.3 Å². The number of thiophene rings is 1. The van der Waals surface area contributed by atoms with Crippen molar-refractivity contribution in [2.24, 2.45) is 5.92 Å². The summed E-state index contributed by atoms with van der Waals surface area (Å²) in [6.07, 6.45) is 5.98. The minimum absolute atomic E-state index is 0. The summed E-state index contributed by atoms with van der Waals surface area (Å²) >= 11 is 5.46. The molecule has 0 aliphatic carbocycles. The number of unbranched alkanes of at least 4 members (excludes halogenated alkanes) is 1. The Balaban J connectivity index is 0.000000297. The van der Waals surface area contributed by atoms with Crippen LogP contribution >= 0.6 is 23.6 Å². The van der Waals surface area contributed by atoms with Crippen LogP contribution in [0.25, 0.3) is 50.0 Å². The molecule has 0 amide bonds. The normalized spacial score (nSPS) is 11.0. The Morgan fingerprint density at radius 1 is 0.933 bits per heavy atom. The van der Waals surface area contributed by atoms with Gasteiger partial charge < -0.3 is 30.2 Å². The third-order valence-electron chi connectivity index (χ3n) is 8.64. The van der Waals surface area contributed by atoms with Gasteiger partial charge in [0.25, 0.3) is 12.9 Å². The molecule has 0 spiro atoms. The molecule has 60 heavy (non-hydrogen) atoms. The molecule has 6 aromatic rings. The van der Waals surface area contributed by atoms with Gasteiger partial charge in [0.15, 0.2) is 0 Å². The molecule has 1 N–H and O–H groups in total. The molecule has 0 aliphatic heterocycles. The van der Waals surface area contributed by atoms with Gasteiger partial charge in [-0.1, -0.05) is 57.4 Å². The van der Waals surface area contributed by atoms with Gasteiger partial charge in [-0.15, -0.1) is 11.3 Å². The largest absolute Gasteiger partial charge is 2.00 e. The first-order chi connectivity index (χ1) is 28.3. The van der Waals surface area contributed by atoms with Crippen LogP contribution in [0.1, 0.15) is 66.0 Å². The number of carboxylic acids is 1. The minimum atomic E-state index is -4.50. The minimum Gasteiger partial charge on any atom is -0.753 e. The first-order valence-electron chi connectivity index (χ1n) is 17.9. The van der Waals surface area contributed by atoms with Crippen molar-refractivity contribution in [1.82, 2.24) is 30.1 Å². The van der Waals surface area contributed by atoms with Crippen LogP contribution in [0.4, 0.5) is 13.2 Å². The summed E-state index contributed by atoms with van der Waals surface area (Å²) in [4.78, 5) is 51.9. The second-order valence-corrected chi connectivity index (χ2v) is 13.9. The molecule has 1 unspecified atom stereocenters. The quantitative estimate of drug-likeness (QED) is 0.0444. The number of nitrogens with zero attached hydrogens (tertiary/aromatic N) is 7. The molecule has 312 valence electrons. The van der Waals surface area contributed by atoms with E-state index in [-0.39, 0.29) is 72.1 Å². The number of thiocarbonyl (C=S) groups is 1. The van der Waals surface area contributed by atoms with Crippen LogP contribution < -0.4 is 14.6 Å². The summed E-state index contributed by atoms with van der Waals surface area (Å²) in [5.74, 6) is 0.0188. The topological polar surface area (TPSA) is 191 Å². The molecule has 1 atom stereocenters. The monoisotopic (exact) mass is 945 g/mol. The molecule has 0 bridgehead atoms. The summed E-state index contributed by atoms with van der Waals surface area (Å²) in [7, 11) is 0. The molecule has 0 saturated carbocycles. The number of ether oxygens (including phenoxy) is 2. The van der Waals surface area contributed by atoms with Crippen LogP contribution in [-0.4, -0.2) is 54.2 Å². The number of aromatic carboxylic acids is 1. The Labute approximate surface area is 365 Å². The van der Waals surface area contributed by atoms with Gasteiger partial charge in [0, 0.05) is 57.8 Å². The molecule has 6 aromatic heterocycles. The van der Waals surface area contributed by atoms with Crippen LogP contribution in [-0.2, 0) is 41.7 Å². The van der Waals surface area contributed by atoms with Crippen molar-refractivity contribution in [3.63, 3.8) is 0 Å². The van der Waals surface area contributed by atoms with Crippen molar-refractivity contribution < 1.29 is 61.6 Å². The van der Waals surface area contributed by atoms with E-state index in [9.17, 15) is 27.6 Å². The molecule has 0 fully saturated rings. The average molecular weight is 945 g/mol. The number of carboxylic acid groups (broad SMARTS) is 1.